The molecule has 3 aliphatic heterocycles. The molecule has 1 aromatic heterocycles. The molecule has 2 bridgehead atoms. The maximum Gasteiger partial charge on any atom is 0.256 e. The van der Waals surface area contributed by atoms with Crippen LogP contribution in [0.1, 0.15) is 23.2 Å². The summed E-state index contributed by atoms with van der Waals surface area (Å²) in [6, 6.07) is 8.55. The largest absolute Gasteiger partial charge is 0.350 e. The molecule has 1 aromatic carbocycles. The number of para-hydroxylation sites is 1. The first-order valence-electron chi connectivity index (χ1n) is 8.17. The molecule has 2 atom stereocenters. The van der Waals surface area contributed by atoms with Gasteiger partial charge in [0.15, 0.2) is 0 Å². The van der Waals surface area contributed by atoms with Crippen molar-refractivity contribution in [2.45, 2.75) is 18.9 Å². The summed E-state index contributed by atoms with van der Waals surface area (Å²) in [5.41, 5.74) is 1.98. The van der Waals surface area contributed by atoms with Gasteiger partial charge in [-0.2, -0.15) is 0 Å². The van der Waals surface area contributed by atoms with E-state index in [2.05, 4.69) is 33.5 Å². The van der Waals surface area contributed by atoms with Crippen molar-refractivity contribution in [3.05, 3.63) is 36.0 Å². The molecular formula is C18H23N3O. The lowest BCUT2D eigenvalue weighted by atomic mass is 9.94. The Labute approximate surface area is 131 Å². The zero-order valence-corrected chi connectivity index (χ0v) is 13.3. The van der Waals surface area contributed by atoms with E-state index in [1.807, 2.05) is 25.4 Å². The topological polar surface area (TPSA) is 28.5 Å². The molecule has 0 spiro atoms. The molecule has 4 heterocycles. The molecule has 0 aliphatic carbocycles. The molecule has 1 amide bonds. The summed E-state index contributed by atoms with van der Waals surface area (Å²) in [6.45, 7) is 3.04. The molecule has 22 heavy (non-hydrogen) atoms. The fourth-order valence-corrected chi connectivity index (χ4v) is 4.23. The predicted octanol–water partition coefficient (Wildman–Crippen LogP) is 2.34. The number of aromatic nitrogens is 1. The third-order valence-corrected chi connectivity index (χ3v) is 5.28. The van der Waals surface area contributed by atoms with E-state index in [4.69, 9.17) is 0 Å². The molecule has 0 saturated carbocycles. The van der Waals surface area contributed by atoms with Crippen molar-refractivity contribution in [2.75, 3.05) is 26.7 Å². The van der Waals surface area contributed by atoms with Crippen LogP contribution in [0.2, 0.25) is 0 Å². The Kier molecular flexibility index (Phi) is 3.22. The van der Waals surface area contributed by atoms with Gasteiger partial charge in [-0.05, 0) is 31.9 Å². The van der Waals surface area contributed by atoms with Crippen molar-refractivity contribution in [1.82, 2.24) is 14.4 Å². The number of carbonyl (C=O) groups is 1. The van der Waals surface area contributed by atoms with E-state index in [9.17, 15) is 4.79 Å². The van der Waals surface area contributed by atoms with E-state index >= 15 is 0 Å². The third-order valence-electron chi connectivity index (χ3n) is 5.28. The van der Waals surface area contributed by atoms with Crippen LogP contribution in [-0.4, -0.2) is 53.0 Å². The van der Waals surface area contributed by atoms with Crippen LogP contribution in [0.15, 0.2) is 30.5 Å². The maximum atomic E-state index is 13.2. The smallest absolute Gasteiger partial charge is 0.256 e. The van der Waals surface area contributed by atoms with Gasteiger partial charge >= 0.3 is 0 Å². The van der Waals surface area contributed by atoms with Gasteiger partial charge in [-0.1, -0.05) is 18.2 Å². The highest BCUT2D eigenvalue weighted by Gasteiger charge is 2.37. The number of amides is 1. The number of aryl methyl sites for hydroxylation is 1. The van der Waals surface area contributed by atoms with Gasteiger partial charge in [0, 0.05) is 49.8 Å². The van der Waals surface area contributed by atoms with Gasteiger partial charge in [0.05, 0.1) is 5.56 Å². The van der Waals surface area contributed by atoms with Crippen LogP contribution in [0.25, 0.3) is 10.9 Å². The van der Waals surface area contributed by atoms with Crippen LogP contribution >= 0.6 is 0 Å². The molecule has 2 aromatic rings. The first-order chi connectivity index (χ1) is 10.6. The minimum atomic E-state index is 0.210. The molecule has 4 heteroatoms. The van der Waals surface area contributed by atoms with E-state index in [1.165, 1.54) is 6.42 Å². The minimum absolute atomic E-state index is 0.210. The zero-order chi connectivity index (χ0) is 15.3. The van der Waals surface area contributed by atoms with Gasteiger partial charge < -0.3 is 14.4 Å². The molecular weight excluding hydrogens is 274 g/mol. The van der Waals surface area contributed by atoms with Gasteiger partial charge in [0.2, 0.25) is 0 Å². The van der Waals surface area contributed by atoms with Crippen molar-refractivity contribution < 1.29 is 4.79 Å². The second kappa shape index (κ2) is 5.13. The number of rotatable bonds is 1. The highest BCUT2D eigenvalue weighted by Crippen LogP contribution is 2.30. The van der Waals surface area contributed by atoms with Crippen molar-refractivity contribution in [3.63, 3.8) is 0 Å². The van der Waals surface area contributed by atoms with Crippen LogP contribution < -0.4 is 0 Å². The first-order valence-corrected chi connectivity index (χ1v) is 8.17. The minimum Gasteiger partial charge on any atom is -0.350 e. The molecule has 4 nitrogen and oxygen atoms in total. The number of likely N-dealkylation sites (N-methyl/N-ethyl adjacent to an activating group) is 1. The fourth-order valence-electron chi connectivity index (χ4n) is 4.23. The number of hydrogen-bond acceptors (Lipinski definition) is 2. The van der Waals surface area contributed by atoms with E-state index in [0.29, 0.717) is 12.0 Å². The van der Waals surface area contributed by atoms with Crippen molar-refractivity contribution >= 4 is 16.8 Å². The highest BCUT2D eigenvalue weighted by molar-refractivity contribution is 6.07. The lowest BCUT2D eigenvalue weighted by molar-refractivity contribution is 0.0589. The van der Waals surface area contributed by atoms with Crippen LogP contribution in [0.4, 0.5) is 0 Å². The summed E-state index contributed by atoms with van der Waals surface area (Å²) in [7, 11) is 4.19. The Morgan fingerprint density at radius 3 is 2.77 bits per heavy atom. The molecule has 116 valence electrons. The SMILES string of the molecule is CN1C[C@H]2CC[C@@H](C1)N(C(=O)c1cn(C)c3ccccc13)C2. The van der Waals surface area contributed by atoms with Gasteiger partial charge in [0.25, 0.3) is 5.91 Å². The standard InChI is InChI=1S/C18H23N3O/c1-19-9-13-7-8-14(11-19)21(10-13)18(22)16-12-20(2)17-6-4-3-5-15(16)17/h3-6,12-14H,7-11H2,1-2H3/t13-,14+/m1/s1. The summed E-state index contributed by atoms with van der Waals surface area (Å²) in [5, 5.41) is 1.07. The van der Waals surface area contributed by atoms with Gasteiger partial charge in [-0.3, -0.25) is 4.79 Å². The lowest BCUT2D eigenvalue weighted by Crippen LogP contribution is -2.47. The number of fused-ring (bicyclic) bond motifs is 5. The van der Waals surface area contributed by atoms with E-state index in [-0.39, 0.29) is 5.91 Å². The summed E-state index contributed by atoms with van der Waals surface area (Å²) in [4.78, 5) is 17.7. The molecule has 0 unspecified atom stereocenters. The second-order valence-electron chi connectivity index (χ2n) is 6.95. The highest BCUT2D eigenvalue weighted by atomic mass is 16.2. The van der Waals surface area contributed by atoms with Gasteiger partial charge in [-0.15, -0.1) is 0 Å². The lowest BCUT2D eigenvalue weighted by Gasteiger charge is -2.36. The predicted molar refractivity (Wildman–Crippen MR) is 88.0 cm³/mol. The second-order valence-corrected chi connectivity index (χ2v) is 6.95. The molecule has 0 N–H and O–H groups in total. The average Bonchev–Trinajstić information content (AvgIpc) is 2.65. The van der Waals surface area contributed by atoms with E-state index < -0.39 is 0 Å². The van der Waals surface area contributed by atoms with Gasteiger partial charge in [0.1, 0.15) is 0 Å². The summed E-state index contributed by atoms with van der Waals surface area (Å²) >= 11 is 0. The summed E-state index contributed by atoms with van der Waals surface area (Å²) in [5.74, 6) is 0.837. The maximum absolute atomic E-state index is 13.2. The normalized spacial score (nSPS) is 25.6. The first kappa shape index (κ1) is 13.8. The Balaban J connectivity index is 1.72. The number of piperidine rings is 1. The Morgan fingerprint density at radius 1 is 1.09 bits per heavy atom. The zero-order valence-electron chi connectivity index (χ0n) is 13.3. The third kappa shape index (κ3) is 2.13. The van der Waals surface area contributed by atoms with Crippen LogP contribution in [0.3, 0.4) is 0 Å². The number of hydrogen-bond donors (Lipinski definition) is 0. The van der Waals surface area contributed by atoms with E-state index in [1.54, 1.807) is 0 Å². The fraction of sp³-hybridized carbons (Fsp3) is 0.500. The summed E-state index contributed by atoms with van der Waals surface area (Å²) < 4.78 is 2.06. The molecule has 0 radical (unpaired) electrons. The Bertz CT molecular complexity index is 720. The molecule has 3 fully saturated rings. The van der Waals surface area contributed by atoms with E-state index in [0.717, 1.165) is 42.5 Å². The Morgan fingerprint density at radius 2 is 1.91 bits per heavy atom. The molecule has 3 saturated heterocycles. The van der Waals surface area contributed by atoms with Crippen molar-refractivity contribution in [3.8, 4) is 0 Å². The number of nitrogens with zero attached hydrogens (tertiary/aromatic N) is 3. The van der Waals surface area contributed by atoms with Crippen LogP contribution in [0, 0.1) is 5.92 Å². The number of carbonyl (C=O) groups excluding carboxylic acids is 1. The number of benzene rings is 1. The molecule has 5 rings (SSSR count). The van der Waals surface area contributed by atoms with Crippen LogP contribution in [0.5, 0.6) is 0 Å². The van der Waals surface area contributed by atoms with Crippen LogP contribution in [-0.2, 0) is 7.05 Å². The van der Waals surface area contributed by atoms with Crippen molar-refractivity contribution in [2.24, 2.45) is 13.0 Å². The van der Waals surface area contributed by atoms with Crippen molar-refractivity contribution in [1.29, 1.82) is 0 Å². The monoisotopic (exact) mass is 297 g/mol. The Hall–Kier alpha value is -1.81. The average molecular weight is 297 g/mol. The quantitative estimate of drug-likeness (QED) is 0.808. The molecule has 3 aliphatic rings. The van der Waals surface area contributed by atoms with Gasteiger partial charge in [-0.25, -0.2) is 0 Å². The summed E-state index contributed by atoms with van der Waals surface area (Å²) in [6.07, 6.45) is 4.40.